The monoisotopic (exact) mass is 303 g/mol. The van der Waals surface area contributed by atoms with E-state index in [0.29, 0.717) is 12.8 Å². The Morgan fingerprint density at radius 3 is 2.52 bits per heavy atom. The van der Waals surface area contributed by atoms with Crippen molar-refractivity contribution in [1.82, 2.24) is 4.98 Å². The zero-order valence-corrected chi connectivity index (χ0v) is 13.3. The molecule has 1 aromatic heterocycles. The Hall–Kier alpha value is -1.88. The van der Waals surface area contributed by atoms with Crippen LogP contribution in [-0.2, 0) is 11.2 Å². The van der Waals surface area contributed by atoms with Gasteiger partial charge >= 0.3 is 0 Å². The van der Waals surface area contributed by atoms with Gasteiger partial charge in [-0.1, -0.05) is 0 Å². The summed E-state index contributed by atoms with van der Waals surface area (Å²) in [5.41, 5.74) is 2.02. The molecule has 0 aliphatic heterocycles. The fourth-order valence-corrected chi connectivity index (χ4v) is 2.79. The molecule has 1 N–H and O–H groups in total. The second kappa shape index (κ2) is 7.78. The maximum absolute atomic E-state index is 11.9. The molecule has 0 unspecified atom stereocenters. The highest BCUT2D eigenvalue weighted by Gasteiger charge is 2.06. The molecule has 0 aliphatic carbocycles. The smallest absolute Gasteiger partial charge is 0.224 e. The standard InChI is InChI=1S/C16H21N3OS/c1-3-19(4-2)14-7-5-13(6-8-14)18-15(20)9-10-16-17-11-12-21-16/h5-8,11-12H,3-4,9-10H2,1-2H3,(H,18,20). The number of rotatable bonds is 7. The van der Waals surface area contributed by atoms with Crippen molar-refractivity contribution in [2.45, 2.75) is 26.7 Å². The minimum Gasteiger partial charge on any atom is -0.372 e. The van der Waals surface area contributed by atoms with Crippen LogP contribution in [0.5, 0.6) is 0 Å². The van der Waals surface area contributed by atoms with E-state index in [4.69, 9.17) is 0 Å². The van der Waals surface area contributed by atoms with Crippen molar-refractivity contribution in [3.63, 3.8) is 0 Å². The van der Waals surface area contributed by atoms with E-state index >= 15 is 0 Å². The van der Waals surface area contributed by atoms with Gasteiger partial charge in [-0.25, -0.2) is 4.98 Å². The predicted molar refractivity (Wildman–Crippen MR) is 89.1 cm³/mol. The number of anilines is 2. The van der Waals surface area contributed by atoms with Gasteiger partial charge in [0.15, 0.2) is 0 Å². The first-order valence-corrected chi connectivity index (χ1v) is 8.14. The van der Waals surface area contributed by atoms with Crippen molar-refractivity contribution in [3.8, 4) is 0 Å². The second-order valence-electron chi connectivity index (χ2n) is 4.69. The Balaban J connectivity index is 1.86. The largest absolute Gasteiger partial charge is 0.372 e. The number of aromatic nitrogens is 1. The summed E-state index contributed by atoms with van der Waals surface area (Å²) in [4.78, 5) is 18.3. The van der Waals surface area contributed by atoms with Crippen LogP contribution in [0, 0.1) is 0 Å². The number of nitrogens with one attached hydrogen (secondary N) is 1. The highest BCUT2D eigenvalue weighted by molar-refractivity contribution is 7.09. The maximum Gasteiger partial charge on any atom is 0.224 e. The van der Waals surface area contributed by atoms with Crippen LogP contribution in [0.3, 0.4) is 0 Å². The average Bonchev–Trinajstić information content (AvgIpc) is 3.01. The molecule has 2 rings (SSSR count). The van der Waals surface area contributed by atoms with Crippen LogP contribution in [0.15, 0.2) is 35.8 Å². The van der Waals surface area contributed by atoms with Crippen molar-refractivity contribution in [2.75, 3.05) is 23.3 Å². The Labute approximate surface area is 129 Å². The van der Waals surface area contributed by atoms with E-state index in [1.807, 2.05) is 29.6 Å². The van der Waals surface area contributed by atoms with Crippen LogP contribution in [0.1, 0.15) is 25.3 Å². The molecule has 4 nitrogen and oxygen atoms in total. The molecule has 0 saturated heterocycles. The van der Waals surface area contributed by atoms with Gasteiger partial charge in [0.2, 0.25) is 5.91 Å². The number of hydrogen-bond acceptors (Lipinski definition) is 4. The predicted octanol–water partition coefficient (Wildman–Crippen LogP) is 3.56. The first kappa shape index (κ1) is 15.5. The molecule has 1 aromatic carbocycles. The maximum atomic E-state index is 11.9. The number of carbonyl (C=O) groups is 1. The van der Waals surface area contributed by atoms with Crippen LogP contribution in [0.4, 0.5) is 11.4 Å². The second-order valence-corrected chi connectivity index (χ2v) is 5.67. The average molecular weight is 303 g/mol. The SMILES string of the molecule is CCN(CC)c1ccc(NC(=O)CCc2nccs2)cc1. The summed E-state index contributed by atoms with van der Waals surface area (Å²) in [6, 6.07) is 8.00. The van der Waals surface area contributed by atoms with Crippen molar-refractivity contribution in [1.29, 1.82) is 0 Å². The number of nitrogens with zero attached hydrogens (tertiary/aromatic N) is 2. The summed E-state index contributed by atoms with van der Waals surface area (Å²) in [7, 11) is 0. The van der Waals surface area contributed by atoms with E-state index in [-0.39, 0.29) is 5.91 Å². The lowest BCUT2D eigenvalue weighted by molar-refractivity contribution is -0.116. The molecule has 0 atom stereocenters. The minimum absolute atomic E-state index is 0.0285. The van der Waals surface area contributed by atoms with Gasteiger partial charge in [0.1, 0.15) is 0 Å². The van der Waals surface area contributed by atoms with Crippen molar-refractivity contribution in [3.05, 3.63) is 40.8 Å². The Morgan fingerprint density at radius 1 is 1.24 bits per heavy atom. The molecule has 0 radical (unpaired) electrons. The molecule has 5 heteroatoms. The summed E-state index contributed by atoms with van der Waals surface area (Å²) in [6.45, 7) is 6.24. The van der Waals surface area contributed by atoms with E-state index in [0.717, 1.165) is 23.8 Å². The Morgan fingerprint density at radius 2 is 1.95 bits per heavy atom. The van der Waals surface area contributed by atoms with Gasteiger partial charge in [0.05, 0.1) is 5.01 Å². The number of aryl methyl sites for hydroxylation is 1. The number of hydrogen-bond donors (Lipinski definition) is 1. The first-order valence-electron chi connectivity index (χ1n) is 7.26. The summed E-state index contributed by atoms with van der Waals surface area (Å²) in [6.07, 6.45) is 2.93. The van der Waals surface area contributed by atoms with Gasteiger partial charge in [-0.2, -0.15) is 0 Å². The van der Waals surface area contributed by atoms with Crippen LogP contribution in [-0.4, -0.2) is 24.0 Å². The Bertz CT molecular complexity index is 547. The number of benzene rings is 1. The normalized spacial score (nSPS) is 10.4. The lowest BCUT2D eigenvalue weighted by Gasteiger charge is -2.21. The molecule has 1 heterocycles. The fourth-order valence-electron chi connectivity index (χ4n) is 2.16. The lowest BCUT2D eigenvalue weighted by Crippen LogP contribution is -2.21. The van der Waals surface area contributed by atoms with Crippen LogP contribution < -0.4 is 10.2 Å². The van der Waals surface area contributed by atoms with Crippen molar-refractivity contribution in [2.24, 2.45) is 0 Å². The molecule has 0 fully saturated rings. The summed E-state index contributed by atoms with van der Waals surface area (Å²) >= 11 is 1.58. The molecule has 112 valence electrons. The van der Waals surface area contributed by atoms with E-state index in [1.165, 1.54) is 5.69 Å². The van der Waals surface area contributed by atoms with Crippen molar-refractivity contribution < 1.29 is 4.79 Å². The first-order chi connectivity index (χ1) is 10.2. The van der Waals surface area contributed by atoms with Gasteiger partial charge in [-0.05, 0) is 38.1 Å². The van der Waals surface area contributed by atoms with Crippen LogP contribution >= 0.6 is 11.3 Å². The van der Waals surface area contributed by atoms with Crippen LogP contribution in [0.2, 0.25) is 0 Å². The zero-order chi connectivity index (χ0) is 15.1. The van der Waals surface area contributed by atoms with Gasteiger partial charge in [-0.3, -0.25) is 4.79 Å². The van der Waals surface area contributed by atoms with Crippen LogP contribution in [0.25, 0.3) is 0 Å². The third-order valence-corrected chi connectivity index (χ3v) is 4.17. The number of thiazole rings is 1. The van der Waals surface area contributed by atoms with Gasteiger partial charge < -0.3 is 10.2 Å². The lowest BCUT2D eigenvalue weighted by atomic mass is 10.2. The molecule has 0 saturated carbocycles. The third-order valence-electron chi connectivity index (χ3n) is 3.33. The molecule has 0 spiro atoms. The fraction of sp³-hybridized carbons (Fsp3) is 0.375. The number of carbonyl (C=O) groups excluding carboxylic acids is 1. The summed E-state index contributed by atoms with van der Waals surface area (Å²) in [5.74, 6) is 0.0285. The molecule has 0 bridgehead atoms. The van der Waals surface area contributed by atoms with Gasteiger partial charge in [0.25, 0.3) is 0 Å². The third kappa shape index (κ3) is 4.56. The number of amides is 1. The molecule has 21 heavy (non-hydrogen) atoms. The van der Waals surface area contributed by atoms with E-state index in [9.17, 15) is 4.79 Å². The highest BCUT2D eigenvalue weighted by atomic mass is 32.1. The van der Waals surface area contributed by atoms with Gasteiger partial charge in [-0.15, -0.1) is 11.3 Å². The minimum atomic E-state index is 0.0285. The van der Waals surface area contributed by atoms with Gasteiger partial charge in [0, 0.05) is 48.9 Å². The Kier molecular flexibility index (Phi) is 5.75. The summed E-state index contributed by atoms with van der Waals surface area (Å²) in [5, 5.41) is 5.86. The molecular weight excluding hydrogens is 282 g/mol. The van der Waals surface area contributed by atoms with E-state index < -0.39 is 0 Å². The van der Waals surface area contributed by atoms with E-state index in [2.05, 4.69) is 29.0 Å². The topological polar surface area (TPSA) is 45.2 Å². The molecule has 1 amide bonds. The summed E-state index contributed by atoms with van der Waals surface area (Å²) < 4.78 is 0. The molecule has 2 aromatic rings. The quantitative estimate of drug-likeness (QED) is 0.850. The zero-order valence-electron chi connectivity index (χ0n) is 12.5. The molecule has 0 aliphatic rings. The molecular formula is C16H21N3OS. The highest BCUT2D eigenvalue weighted by Crippen LogP contribution is 2.18. The van der Waals surface area contributed by atoms with E-state index in [1.54, 1.807) is 17.5 Å². The van der Waals surface area contributed by atoms with Crippen molar-refractivity contribution >= 4 is 28.6 Å².